The van der Waals surface area contributed by atoms with E-state index in [0.29, 0.717) is 5.82 Å². The Morgan fingerprint density at radius 2 is 1.60 bits per heavy atom. The molecule has 4 nitrogen and oxygen atoms in total. The molecule has 0 spiro atoms. The Balaban J connectivity index is 1.88. The normalized spacial score (nSPS) is 11.2. The van der Waals surface area contributed by atoms with E-state index in [1.165, 1.54) is 24.4 Å². The number of alkyl halides is 3. The van der Waals surface area contributed by atoms with E-state index < -0.39 is 23.2 Å². The van der Waals surface area contributed by atoms with Crippen molar-refractivity contribution in [2.75, 3.05) is 5.32 Å². The third-order valence-electron chi connectivity index (χ3n) is 3.41. The molecule has 3 aromatic rings. The number of hydrogen-bond donors (Lipinski definition) is 1. The standard InChI is InChI=1S/C18H12F3N3O/c19-18(20,21)14-9-5-4-8-13(14)17(25)24-15-10-11-22-16(23-15)12-6-2-1-3-7-12/h1-11H,(H,22,23,24,25). The molecule has 0 aliphatic rings. The maximum absolute atomic E-state index is 13.0. The number of carbonyl (C=O) groups is 1. The summed E-state index contributed by atoms with van der Waals surface area (Å²) < 4.78 is 39.1. The van der Waals surface area contributed by atoms with Crippen LogP contribution in [0.2, 0.25) is 0 Å². The van der Waals surface area contributed by atoms with Crippen LogP contribution in [-0.4, -0.2) is 15.9 Å². The molecule has 0 unspecified atom stereocenters. The molecule has 1 amide bonds. The van der Waals surface area contributed by atoms with Crippen LogP contribution in [0.5, 0.6) is 0 Å². The number of nitrogens with one attached hydrogen (secondary N) is 1. The van der Waals surface area contributed by atoms with Gasteiger partial charge in [0.25, 0.3) is 5.91 Å². The minimum absolute atomic E-state index is 0.121. The van der Waals surface area contributed by atoms with E-state index in [1.807, 2.05) is 18.2 Å². The Hall–Kier alpha value is -3.22. The number of anilines is 1. The highest BCUT2D eigenvalue weighted by molar-refractivity contribution is 6.05. The van der Waals surface area contributed by atoms with Gasteiger partial charge in [0.15, 0.2) is 5.82 Å². The molecule has 0 bridgehead atoms. The number of amides is 1. The van der Waals surface area contributed by atoms with Crippen LogP contribution in [0.1, 0.15) is 15.9 Å². The van der Waals surface area contributed by atoms with Crippen LogP contribution in [0.3, 0.4) is 0 Å². The van der Waals surface area contributed by atoms with Crippen molar-refractivity contribution in [3.8, 4) is 11.4 Å². The fourth-order valence-corrected chi connectivity index (χ4v) is 2.27. The molecule has 0 aliphatic carbocycles. The fourth-order valence-electron chi connectivity index (χ4n) is 2.27. The molecule has 1 heterocycles. The molecule has 1 N–H and O–H groups in total. The molecule has 3 rings (SSSR count). The minimum atomic E-state index is -4.62. The van der Waals surface area contributed by atoms with Gasteiger partial charge >= 0.3 is 6.18 Å². The first-order valence-electron chi connectivity index (χ1n) is 7.31. The Morgan fingerprint density at radius 3 is 2.32 bits per heavy atom. The summed E-state index contributed by atoms with van der Waals surface area (Å²) in [5, 5.41) is 2.39. The molecule has 0 saturated heterocycles. The first kappa shape index (κ1) is 16.6. The SMILES string of the molecule is O=C(Nc1ccnc(-c2ccccc2)n1)c1ccccc1C(F)(F)F. The highest BCUT2D eigenvalue weighted by Crippen LogP contribution is 2.32. The lowest BCUT2D eigenvalue weighted by Crippen LogP contribution is -2.19. The lowest BCUT2D eigenvalue weighted by Gasteiger charge is -2.12. The molecule has 1 aromatic heterocycles. The van der Waals surface area contributed by atoms with Crippen molar-refractivity contribution in [3.05, 3.63) is 78.0 Å². The monoisotopic (exact) mass is 343 g/mol. The Labute approximate surface area is 141 Å². The van der Waals surface area contributed by atoms with Crippen LogP contribution in [-0.2, 0) is 6.18 Å². The molecule has 2 aromatic carbocycles. The van der Waals surface area contributed by atoms with E-state index in [4.69, 9.17) is 0 Å². The third kappa shape index (κ3) is 3.82. The first-order chi connectivity index (χ1) is 11.9. The molecule has 0 fully saturated rings. The quantitative estimate of drug-likeness (QED) is 0.766. The molecule has 0 atom stereocenters. The summed E-state index contributed by atoms with van der Waals surface area (Å²) in [7, 11) is 0. The number of rotatable bonds is 3. The number of hydrogen-bond acceptors (Lipinski definition) is 3. The molecule has 0 saturated carbocycles. The van der Waals surface area contributed by atoms with Crippen molar-refractivity contribution in [1.82, 2.24) is 9.97 Å². The number of aromatic nitrogens is 2. The number of nitrogens with zero attached hydrogens (tertiary/aromatic N) is 2. The average Bonchev–Trinajstić information content (AvgIpc) is 2.62. The molecule has 0 aliphatic heterocycles. The molecular weight excluding hydrogens is 331 g/mol. The second-order valence-electron chi connectivity index (χ2n) is 5.13. The van der Waals surface area contributed by atoms with E-state index in [-0.39, 0.29) is 5.82 Å². The maximum Gasteiger partial charge on any atom is 0.417 e. The third-order valence-corrected chi connectivity index (χ3v) is 3.41. The summed E-state index contributed by atoms with van der Waals surface area (Å²) in [5.74, 6) is -0.399. The summed E-state index contributed by atoms with van der Waals surface area (Å²) in [4.78, 5) is 20.5. The highest BCUT2D eigenvalue weighted by atomic mass is 19.4. The second kappa shape index (κ2) is 6.72. The predicted octanol–water partition coefficient (Wildman–Crippen LogP) is 4.41. The van der Waals surface area contributed by atoms with Crippen LogP contribution < -0.4 is 5.32 Å². The zero-order valence-electron chi connectivity index (χ0n) is 12.8. The van der Waals surface area contributed by atoms with Crippen molar-refractivity contribution in [2.24, 2.45) is 0 Å². The lowest BCUT2D eigenvalue weighted by molar-refractivity contribution is -0.137. The summed E-state index contributed by atoms with van der Waals surface area (Å²) in [5.41, 5.74) is -0.728. The van der Waals surface area contributed by atoms with Gasteiger partial charge in [-0.15, -0.1) is 0 Å². The number of benzene rings is 2. The Kier molecular flexibility index (Phi) is 4.47. The van der Waals surface area contributed by atoms with Gasteiger partial charge in [0.05, 0.1) is 11.1 Å². The average molecular weight is 343 g/mol. The van der Waals surface area contributed by atoms with E-state index >= 15 is 0 Å². The van der Waals surface area contributed by atoms with Crippen LogP contribution in [0, 0.1) is 0 Å². The van der Waals surface area contributed by atoms with Gasteiger partial charge in [-0.3, -0.25) is 4.79 Å². The lowest BCUT2D eigenvalue weighted by atomic mass is 10.1. The topological polar surface area (TPSA) is 54.9 Å². The Bertz CT molecular complexity index is 895. The largest absolute Gasteiger partial charge is 0.417 e. The van der Waals surface area contributed by atoms with Gasteiger partial charge in [0, 0.05) is 11.8 Å². The number of carbonyl (C=O) groups excluding carboxylic acids is 1. The van der Waals surface area contributed by atoms with Gasteiger partial charge in [-0.25, -0.2) is 9.97 Å². The fraction of sp³-hybridized carbons (Fsp3) is 0.0556. The van der Waals surface area contributed by atoms with Crippen LogP contribution in [0.15, 0.2) is 66.9 Å². The van der Waals surface area contributed by atoms with Crippen molar-refractivity contribution in [2.45, 2.75) is 6.18 Å². The zero-order chi connectivity index (χ0) is 17.9. The predicted molar refractivity (Wildman–Crippen MR) is 86.9 cm³/mol. The van der Waals surface area contributed by atoms with Crippen molar-refractivity contribution < 1.29 is 18.0 Å². The van der Waals surface area contributed by atoms with E-state index in [2.05, 4.69) is 15.3 Å². The number of halogens is 3. The van der Waals surface area contributed by atoms with Crippen molar-refractivity contribution >= 4 is 11.7 Å². The van der Waals surface area contributed by atoms with Gasteiger partial charge in [-0.1, -0.05) is 42.5 Å². The molecule has 7 heteroatoms. The van der Waals surface area contributed by atoms with E-state index in [0.717, 1.165) is 17.7 Å². The van der Waals surface area contributed by atoms with Gasteiger partial charge in [0.1, 0.15) is 5.82 Å². The molecule has 126 valence electrons. The summed E-state index contributed by atoms with van der Waals surface area (Å²) in [6, 6.07) is 15.1. The first-order valence-corrected chi connectivity index (χ1v) is 7.31. The van der Waals surface area contributed by atoms with E-state index in [1.54, 1.807) is 12.1 Å². The summed E-state index contributed by atoms with van der Waals surface area (Å²) >= 11 is 0. The molecular formula is C18H12F3N3O. The highest BCUT2D eigenvalue weighted by Gasteiger charge is 2.34. The van der Waals surface area contributed by atoms with Gasteiger partial charge in [-0.2, -0.15) is 13.2 Å². The second-order valence-corrected chi connectivity index (χ2v) is 5.13. The van der Waals surface area contributed by atoms with E-state index in [9.17, 15) is 18.0 Å². The van der Waals surface area contributed by atoms with Gasteiger partial charge in [0.2, 0.25) is 0 Å². The summed E-state index contributed by atoms with van der Waals surface area (Å²) in [6.07, 6.45) is -3.19. The minimum Gasteiger partial charge on any atom is -0.306 e. The molecule has 0 radical (unpaired) electrons. The van der Waals surface area contributed by atoms with Crippen LogP contribution >= 0.6 is 0 Å². The van der Waals surface area contributed by atoms with Crippen molar-refractivity contribution in [1.29, 1.82) is 0 Å². The van der Waals surface area contributed by atoms with Crippen molar-refractivity contribution in [3.63, 3.8) is 0 Å². The van der Waals surface area contributed by atoms with Gasteiger partial charge in [-0.05, 0) is 18.2 Å². The maximum atomic E-state index is 13.0. The van der Waals surface area contributed by atoms with Crippen LogP contribution in [0.4, 0.5) is 19.0 Å². The zero-order valence-corrected chi connectivity index (χ0v) is 12.8. The summed E-state index contributed by atoms with van der Waals surface area (Å²) in [6.45, 7) is 0. The smallest absolute Gasteiger partial charge is 0.306 e. The van der Waals surface area contributed by atoms with Gasteiger partial charge < -0.3 is 5.32 Å². The van der Waals surface area contributed by atoms with Crippen LogP contribution in [0.25, 0.3) is 11.4 Å². The molecule has 25 heavy (non-hydrogen) atoms. The Morgan fingerprint density at radius 1 is 0.920 bits per heavy atom.